The molecule has 0 radical (unpaired) electrons. The molecule has 0 saturated heterocycles. The number of anilines is 1. The quantitative estimate of drug-likeness (QED) is 0.356. The van der Waals surface area contributed by atoms with Crippen molar-refractivity contribution in [3.05, 3.63) is 95.6 Å². The van der Waals surface area contributed by atoms with Crippen LogP contribution in [-0.4, -0.2) is 50.3 Å². The van der Waals surface area contributed by atoms with Gasteiger partial charge >= 0.3 is 0 Å². The van der Waals surface area contributed by atoms with Crippen LogP contribution >= 0.6 is 0 Å². The number of amides is 2. The Morgan fingerprint density at radius 1 is 0.900 bits per heavy atom. The van der Waals surface area contributed by atoms with Crippen molar-refractivity contribution in [2.24, 2.45) is 0 Å². The SMILES string of the molecule is Cc1ccc(S(=O)(=O)N(CC(=O)N(CCc2ccccc2)[C@@H](C)C(=O)NC2CCCC2)c2ccccc2C)cc1. The summed E-state index contributed by atoms with van der Waals surface area (Å²) >= 11 is 0. The van der Waals surface area contributed by atoms with Crippen molar-refractivity contribution < 1.29 is 18.0 Å². The van der Waals surface area contributed by atoms with E-state index in [1.54, 1.807) is 43.3 Å². The number of nitrogens with zero attached hydrogens (tertiary/aromatic N) is 2. The molecule has 3 aromatic carbocycles. The summed E-state index contributed by atoms with van der Waals surface area (Å²) < 4.78 is 29.1. The van der Waals surface area contributed by atoms with Crippen LogP contribution < -0.4 is 9.62 Å². The second kappa shape index (κ2) is 13.1. The van der Waals surface area contributed by atoms with E-state index in [1.165, 1.54) is 9.21 Å². The molecule has 1 aliphatic rings. The molecule has 1 atom stereocenters. The highest BCUT2D eigenvalue weighted by Gasteiger charge is 2.33. The van der Waals surface area contributed by atoms with Crippen LogP contribution in [0.2, 0.25) is 0 Å². The van der Waals surface area contributed by atoms with Gasteiger partial charge in [-0.3, -0.25) is 13.9 Å². The van der Waals surface area contributed by atoms with Crippen LogP contribution in [0.15, 0.2) is 83.8 Å². The first-order valence-electron chi connectivity index (χ1n) is 14.0. The van der Waals surface area contributed by atoms with E-state index in [0.717, 1.165) is 42.4 Å². The molecule has 0 aliphatic heterocycles. The lowest BCUT2D eigenvalue weighted by molar-refractivity contribution is -0.139. The summed E-state index contributed by atoms with van der Waals surface area (Å²) in [5, 5.41) is 3.10. The number of para-hydroxylation sites is 1. The minimum absolute atomic E-state index is 0.108. The summed E-state index contributed by atoms with van der Waals surface area (Å²) in [5.74, 6) is -0.638. The lowest BCUT2D eigenvalue weighted by atomic mass is 10.1. The molecule has 1 fully saturated rings. The molecule has 0 unspecified atom stereocenters. The fraction of sp³-hybridized carbons (Fsp3) is 0.375. The van der Waals surface area contributed by atoms with Gasteiger partial charge in [-0.15, -0.1) is 0 Å². The third-order valence-electron chi connectivity index (χ3n) is 7.63. The van der Waals surface area contributed by atoms with Crippen molar-refractivity contribution in [2.75, 3.05) is 17.4 Å². The minimum Gasteiger partial charge on any atom is -0.352 e. The van der Waals surface area contributed by atoms with Crippen molar-refractivity contribution in [1.29, 1.82) is 0 Å². The number of benzene rings is 3. The van der Waals surface area contributed by atoms with Crippen molar-refractivity contribution in [3.63, 3.8) is 0 Å². The van der Waals surface area contributed by atoms with E-state index in [2.05, 4.69) is 5.32 Å². The van der Waals surface area contributed by atoms with Crippen LogP contribution in [0.25, 0.3) is 0 Å². The third-order valence-corrected chi connectivity index (χ3v) is 9.40. The molecule has 4 rings (SSSR count). The Morgan fingerprint density at radius 2 is 1.52 bits per heavy atom. The average molecular weight is 562 g/mol. The van der Waals surface area contributed by atoms with E-state index in [9.17, 15) is 18.0 Å². The Balaban J connectivity index is 1.65. The summed E-state index contributed by atoms with van der Waals surface area (Å²) in [6.45, 7) is 5.30. The molecule has 3 aromatic rings. The van der Waals surface area contributed by atoms with Gasteiger partial charge in [0.2, 0.25) is 11.8 Å². The van der Waals surface area contributed by atoms with Gasteiger partial charge in [0.15, 0.2) is 0 Å². The zero-order valence-corrected chi connectivity index (χ0v) is 24.4. The number of aryl methyl sites for hydroxylation is 2. The van der Waals surface area contributed by atoms with Crippen molar-refractivity contribution in [3.8, 4) is 0 Å². The standard InChI is InChI=1S/C32H39N3O4S/c1-24-17-19-29(20-18-24)40(38,39)35(30-16-10-7-11-25(30)2)23-31(36)34(22-21-27-12-5-4-6-13-27)26(3)32(37)33-28-14-8-9-15-28/h4-7,10-13,16-20,26,28H,8-9,14-15,21-23H2,1-3H3,(H,33,37)/t26-/m0/s1. The molecule has 2 amide bonds. The number of hydrogen-bond donors (Lipinski definition) is 1. The monoisotopic (exact) mass is 561 g/mol. The Labute approximate surface area is 238 Å². The van der Waals surface area contributed by atoms with Crippen LogP contribution in [0.3, 0.4) is 0 Å². The van der Waals surface area contributed by atoms with Crippen molar-refractivity contribution >= 4 is 27.5 Å². The van der Waals surface area contributed by atoms with Gasteiger partial charge in [-0.25, -0.2) is 8.42 Å². The lowest BCUT2D eigenvalue weighted by Gasteiger charge is -2.33. The molecule has 0 spiro atoms. The first kappa shape index (κ1) is 29.3. The minimum atomic E-state index is -4.07. The number of sulfonamides is 1. The fourth-order valence-corrected chi connectivity index (χ4v) is 6.63. The van der Waals surface area contributed by atoms with Crippen LogP contribution in [-0.2, 0) is 26.0 Å². The van der Waals surface area contributed by atoms with Gasteiger partial charge in [0.05, 0.1) is 10.6 Å². The predicted molar refractivity (Wildman–Crippen MR) is 159 cm³/mol. The molecule has 7 nitrogen and oxygen atoms in total. The molecule has 0 aromatic heterocycles. The summed E-state index contributed by atoms with van der Waals surface area (Å²) in [4.78, 5) is 28.9. The topological polar surface area (TPSA) is 86.8 Å². The van der Waals surface area contributed by atoms with Crippen molar-refractivity contribution in [2.45, 2.75) is 69.9 Å². The Hall–Kier alpha value is -3.65. The number of hydrogen-bond acceptors (Lipinski definition) is 4. The molecule has 8 heteroatoms. The zero-order valence-electron chi connectivity index (χ0n) is 23.5. The van der Waals surface area contributed by atoms with Gasteiger partial charge in [-0.1, -0.05) is 79.1 Å². The van der Waals surface area contributed by atoms with Gasteiger partial charge in [0.25, 0.3) is 10.0 Å². The molecule has 0 heterocycles. The molecular formula is C32H39N3O4S. The third kappa shape index (κ3) is 7.10. The first-order valence-corrected chi connectivity index (χ1v) is 15.4. The second-order valence-corrected chi connectivity index (χ2v) is 12.5. The van der Waals surface area contributed by atoms with Gasteiger partial charge < -0.3 is 10.2 Å². The van der Waals surface area contributed by atoms with Crippen molar-refractivity contribution in [1.82, 2.24) is 10.2 Å². The molecule has 212 valence electrons. The van der Waals surface area contributed by atoms with E-state index in [4.69, 9.17) is 0 Å². The van der Waals surface area contributed by atoms with E-state index < -0.39 is 28.5 Å². The molecular weight excluding hydrogens is 522 g/mol. The maximum absolute atomic E-state index is 14.0. The maximum Gasteiger partial charge on any atom is 0.264 e. The first-order chi connectivity index (χ1) is 19.2. The highest BCUT2D eigenvalue weighted by Crippen LogP contribution is 2.27. The van der Waals surface area contributed by atoms with Gasteiger partial charge in [0, 0.05) is 12.6 Å². The predicted octanol–water partition coefficient (Wildman–Crippen LogP) is 5.02. The zero-order chi connectivity index (χ0) is 28.7. The molecule has 0 bridgehead atoms. The van der Waals surface area contributed by atoms with Crippen LogP contribution in [0, 0.1) is 13.8 Å². The maximum atomic E-state index is 14.0. The van der Waals surface area contributed by atoms with E-state index in [-0.39, 0.29) is 23.4 Å². The Bertz CT molecular complexity index is 1400. The molecule has 1 saturated carbocycles. The van der Waals surface area contributed by atoms with Crippen LogP contribution in [0.1, 0.15) is 49.3 Å². The average Bonchev–Trinajstić information content (AvgIpc) is 3.46. The summed E-state index contributed by atoms with van der Waals surface area (Å²) in [5.41, 5.74) is 3.13. The van der Waals surface area contributed by atoms with Gasteiger partial charge in [0.1, 0.15) is 12.6 Å². The number of carbonyl (C=O) groups is 2. The highest BCUT2D eigenvalue weighted by molar-refractivity contribution is 7.92. The fourth-order valence-electron chi connectivity index (χ4n) is 5.16. The van der Waals surface area contributed by atoms with E-state index in [0.29, 0.717) is 12.1 Å². The van der Waals surface area contributed by atoms with Crippen LogP contribution in [0.4, 0.5) is 5.69 Å². The largest absolute Gasteiger partial charge is 0.352 e. The van der Waals surface area contributed by atoms with Gasteiger partial charge in [-0.05, 0) is 69.4 Å². The molecule has 1 aliphatic carbocycles. The van der Waals surface area contributed by atoms with E-state index >= 15 is 0 Å². The number of nitrogens with one attached hydrogen (secondary N) is 1. The lowest BCUT2D eigenvalue weighted by Crippen LogP contribution is -2.53. The number of carbonyl (C=O) groups excluding carboxylic acids is 2. The second-order valence-electron chi connectivity index (χ2n) is 10.6. The normalized spacial score (nSPS) is 14.5. The smallest absolute Gasteiger partial charge is 0.264 e. The molecule has 1 N–H and O–H groups in total. The van der Waals surface area contributed by atoms with Gasteiger partial charge in [-0.2, -0.15) is 0 Å². The Kier molecular flexibility index (Phi) is 9.63. The summed E-state index contributed by atoms with van der Waals surface area (Å²) in [6.07, 6.45) is 4.58. The summed E-state index contributed by atoms with van der Waals surface area (Å²) in [6, 6.07) is 22.9. The molecule has 40 heavy (non-hydrogen) atoms. The van der Waals surface area contributed by atoms with Crippen LogP contribution in [0.5, 0.6) is 0 Å². The highest BCUT2D eigenvalue weighted by atomic mass is 32.2. The summed E-state index contributed by atoms with van der Waals surface area (Å²) in [7, 11) is -4.07. The Morgan fingerprint density at radius 3 is 2.17 bits per heavy atom. The number of rotatable bonds is 11. The van der Waals surface area contributed by atoms with E-state index in [1.807, 2.05) is 56.3 Å².